The van der Waals surface area contributed by atoms with Crippen molar-refractivity contribution < 1.29 is 23.8 Å². The molecule has 0 aromatic heterocycles. The molecule has 6 nitrogen and oxygen atoms in total. The van der Waals surface area contributed by atoms with Crippen molar-refractivity contribution in [2.45, 2.75) is 32.5 Å². The number of carbonyl (C=O) groups is 2. The van der Waals surface area contributed by atoms with E-state index < -0.39 is 6.29 Å². The van der Waals surface area contributed by atoms with Gasteiger partial charge in [-0.15, -0.1) is 0 Å². The Morgan fingerprint density at radius 1 is 1.19 bits per heavy atom. The van der Waals surface area contributed by atoms with Gasteiger partial charge in [-0.05, 0) is 38.4 Å². The second kappa shape index (κ2) is 8.85. The molecule has 0 bridgehead atoms. The number of likely N-dealkylation sites (tertiary alicyclic amines) is 1. The monoisotopic (exact) mass is 359 g/mol. The predicted molar refractivity (Wildman–Crippen MR) is 95.0 cm³/mol. The number of esters is 1. The van der Waals surface area contributed by atoms with E-state index in [1.165, 1.54) is 6.26 Å². The van der Waals surface area contributed by atoms with Gasteiger partial charge in [0.05, 0.1) is 13.2 Å². The Bertz CT molecular complexity index is 649. The highest BCUT2D eigenvalue weighted by molar-refractivity contribution is 5.95. The summed E-state index contributed by atoms with van der Waals surface area (Å²) in [5, 5.41) is 0. The minimum atomic E-state index is -0.444. The number of benzene rings is 1. The first kappa shape index (κ1) is 18.5. The first-order valence-electron chi connectivity index (χ1n) is 9.14. The van der Waals surface area contributed by atoms with Crippen LogP contribution in [0.3, 0.4) is 0 Å². The van der Waals surface area contributed by atoms with E-state index in [4.69, 9.17) is 14.2 Å². The van der Waals surface area contributed by atoms with Crippen molar-refractivity contribution in [2.24, 2.45) is 5.92 Å². The summed E-state index contributed by atoms with van der Waals surface area (Å²) in [7, 11) is 0. The molecule has 1 atom stereocenters. The molecule has 0 spiro atoms. The molecule has 2 aliphatic heterocycles. The molecule has 26 heavy (non-hydrogen) atoms. The summed E-state index contributed by atoms with van der Waals surface area (Å²) >= 11 is 0. The molecule has 2 aliphatic rings. The van der Waals surface area contributed by atoms with Gasteiger partial charge in [0.25, 0.3) is 0 Å². The molecule has 3 rings (SSSR count). The van der Waals surface area contributed by atoms with E-state index in [1.807, 2.05) is 35.2 Å². The lowest BCUT2D eigenvalue weighted by Gasteiger charge is -2.30. The molecule has 1 saturated heterocycles. The number of rotatable bonds is 7. The van der Waals surface area contributed by atoms with Gasteiger partial charge in [-0.25, -0.2) is 0 Å². The maximum Gasteiger partial charge on any atom is 0.320 e. The van der Waals surface area contributed by atoms with Crippen LogP contribution in [0.4, 0.5) is 0 Å². The first-order valence-corrected chi connectivity index (χ1v) is 9.14. The molecule has 1 fully saturated rings. The maximum absolute atomic E-state index is 12.6. The smallest absolute Gasteiger partial charge is 0.320 e. The molecule has 1 aromatic rings. The average Bonchev–Trinajstić information content (AvgIpc) is 3.11. The summed E-state index contributed by atoms with van der Waals surface area (Å²) in [6.07, 6.45) is 3.03. The second-order valence-electron chi connectivity index (χ2n) is 6.58. The number of ketones is 1. The van der Waals surface area contributed by atoms with Gasteiger partial charge in [0.15, 0.2) is 0 Å². The third kappa shape index (κ3) is 4.85. The first-order chi connectivity index (χ1) is 12.7. The number of hydrogen-bond donors (Lipinski definition) is 0. The molecule has 2 heterocycles. The predicted octanol–water partition coefficient (Wildman–Crippen LogP) is 2.29. The van der Waals surface area contributed by atoms with E-state index in [9.17, 15) is 9.59 Å². The van der Waals surface area contributed by atoms with Gasteiger partial charge in [0.1, 0.15) is 6.26 Å². The Kier molecular flexibility index (Phi) is 6.28. The van der Waals surface area contributed by atoms with Crippen molar-refractivity contribution in [1.29, 1.82) is 0 Å². The van der Waals surface area contributed by atoms with Crippen molar-refractivity contribution in [3.63, 3.8) is 0 Å². The van der Waals surface area contributed by atoms with Crippen LogP contribution in [0.15, 0.2) is 42.4 Å². The highest BCUT2D eigenvalue weighted by Crippen LogP contribution is 2.26. The third-order valence-electron chi connectivity index (χ3n) is 4.69. The van der Waals surface area contributed by atoms with Crippen molar-refractivity contribution in [3.8, 4) is 0 Å². The molecule has 0 radical (unpaired) electrons. The van der Waals surface area contributed by atoms with E-state index in [0.717, 1.165) is 5.56 Å². The zero-order chi connectivity index (χ0) is 18.4. The van der Waals surface area contributed by atoms with Crippen molar-refractivity contribution in [1.82, 2.24) is 4.90 Å². The van der Waals surface area contributed by atoms with Gasteiger partial charge >= 0.3 is 5.97 Å². The zero-order valence-electron chi connectivity index (χ0n) is 15.1. The normalized spacial score (nSPS) is 20.8. The van der Waals surface area contributed by atoms with Gasteiger partial charge in [-0.1, -0.05) is 30.3 Å². The van der Waals surface area contributed by atoms with Crippen molar-refractivity contribution in [2.75, 3.05) is 26.2 Å². The Morgan fingerprint density at radius 3 is 2.62 bits per heavy atom. The fourth-order valence-electron chi connectivity index (χ4n) is 3.29. The van der Waals surface area contributed by atoms with Crippen LogP contribution in [-0.2, 0) is 30.2 Å². The highest BCUT2D eigenvalue weighted by Gasteiger charge is 2.32. The second-order valence-corrected chi connectivity index (χ2v) is 6.58. The largest absolute Gasteiger partial charge is 0.465 e. The average molecular weight is 359 g/mol. The third-order valence-corrected chi connectivity index (χ3v) is 4.69. The van der Waals surface area contributed by atoms with Gasteiger partial charge in [0, 0.05) is 12.3 Å². The summed E-state index contributed by atoms with van der Waals surface area (Å²) in [5.74, 6) is 0.0150. The van der Waals surface area contributed by atoms with Gasteiger partial charge < -0.3 is 14.2 Å². The number of allylic oxidation sites excluding steroid dienone is 1. The van der Waals surface area contributed by atoms with Crippen molar-refractivity contribution >= 4 is 11.8 Å². The van der Waals surface area contributed by atoms with Crippen LogP contribution in [0.5, 0.6) is 0 Å². The molecule has 140 valence electrons. The zero-order valence-corrected chi connectivity index (χ0v) is 15.1. The number of nitrogens with zero attached hydrogens (tertiary/aromatic N) is 1. The topological polar surface area (TPSA) is 65.1 Å². The standard InChI is InChI=1S/C20H25NO5/c1-2-24-18(22)13-21-10-8-16(9-11-21)20(23)17-14-25-19(26-17)12-15-6-4-3-5-7-15/h3-7,14,16,19H,2,8-13H2,1H3. The molecule has 6 heteroatoms. The molecular weight excluding hydrogens is 334 g/mol. The quantitative estimate of drug-likeness (QED) is 0.696. The van der Waals surface area contributed by atoms with Gasteiger partial charge in [0.2, 0.25) is 17.8 Å². The summed E-state index contributed by atoms with van der Waals surface area (Å²) in [4.78, 5) is 26.2. The van der Waals surface area contributed by atoms with Crippen LogP contribution in [0.2, 0.25) is 0 Å². The van der Waals surface area contributed by atoms with Crippen LogP contribution >= 0.6 is 0 Å². The molecule has 1 aromatic carbocycles. The molecular formula is C20H25NO5. The number of ether oxygens (including phenoxy) is 3. The minimum absolute atomic E-state index is 0.00338. The summed E-state index contributed by atoms with van der Waals surface area (Å²) < 4.78 is 16.2. The number of Topliss-reactive ketones (excluding diaryl/α,β-unsaturated/α-hetero) is 1. The number of hydrogen-bond acceptors (Lipinski definition) is 6. The summed E-state index contributed by atoms with van der Waals surface area (Å²) in [6, 6.07) is 9.90. The van der Waals surface area contributed by atoms with Crippen LogP contribution in [0.1, 0.15) is 25.3 Å². The van der Waals surface area contributed by atoms with Crippen LogP contribution in [0.25, 0.3) is 0 Å². The molecule has 0 N–H and O–H groups in total. The fraction of sp³-hybridized carbons (Fsp3) is 0.500. The van der Waals surface area contributed by atoms with Gasteiger partial charge in [-0.3, -0.25) is 14.5 Å². The van der Waals surface area contributed by atoms with Crippen LogP contribution in [-0.4, -0.2) is 49.2 Å². The van der Waals surface area contributed by atoms with E-state index >= 15 is 0 Å². The molecule has 1 unspecified atom stereocenters. The fourth-order valence-corrected chi connectivity index (χ4v) is 3.29. The van der Waals surface area contributed by atoms with Crippen molar-refractivity contribution in [3.05, 3.63) is 47.9 Å². The Morgan fingerprint density at radius 2 is 1.92 bits per heavy atom. The molecule has 0 saturated carbocycles. The maximum atomic E-state index is 12.6. The Hall–Kier alpha value is -2.34. The SMILES string of the molecule is CCOC(=O)CN1CCC(C(=O)C2=COC(Cc3ccccc3)O2)CC1. The minimum Gasteiger partial charge on any atom is -0.465 e. The van der Waals surface area contributed by atoms with Crippen LogP contribution < -0.4 is 0 Å². The van der Waals surface area contributed by atoms with E-state index in [-0.39, 0.29) is 24.2 Å². The summed E-state index contributed by atoms with van der Waals surface area (Å²) in [6.45, 7) is 3.89. The number of carbonyl (C=O) groups excluding carboxylic acids is 2. The van der Waals surface area contributed by atoms with E-state index in [2.05, 4.69) is 0 Å². The van der Waals surface area contributed by atoms with E-state index in [0.29, 0.717) is 44.7 Å². The lowest BCUT2D eigenvalue weighted by atomic mass is 9.91. The lowest BCUT2D eigenvalue weighted by Crippen LogP contribution is -2.40. The van der Waals surface area contributed by atoms with Gasteiger partial charge in [-0.2, -0.15) is 0 Å². The number of piperidine rings is 1. The summed E-state index contributed by atoms with van der Waals surface area (Å²) in [5.41, 5.74) is 1.10. The van der Waals surface area contributed by atoms with E-state index in [1.54, 1.807) is 6.92 Å². The van der Waals surface area contributed by atoms with Crippen LogP contribution in [0, 0.1) is 5.92 Å². The lowest BCUT2D eigenvalue weighted by molar-refractivity contribution is -0.144. The molecule has 0 aliphatic carbocycles. The molecule has 0 amide bonds. The Balaban J connectivity index is 1.43. The Labute approximate surface area is 153 Å². The highest BCUT2D eigenvalue weighted by atomic mass is 16.7.